The number of hydrogen-bond acceptors (Lipinski definition) is 4. The first-order valence-electron chi connectivity index (χ1n) is 11.6. The van der Waals surface area contributed by atoms with Gasteiger partial charge in [0.2, 0.25) is 15.9 Å². The Kier molecular flexibility index (Phi) is 8.35. The number of carbonyl (C=O) groups is 1. The van der Waals surface area contributed by atoms with Crippen molar-refractivity contribution in [3.05, 3.63) is 94.0 Å². The summed E-state index contributed by atoms with van der Waals surface area (Å²) in [5.41, 5.74) is 5.97. The molecule has 0 spiro atoms. The van der Waals surface area contributed by atoms with Crippen LogP contribution in [0.5, 0.6) is 5.75 Å². The number of ether oxygens (including phenoxy) is 1. The van der Waals surface area contributed by atoms with Crippen molar-refractivity contribution >= 4 is 15.9 Å². The van der Waals surface area contributed by atoms with Gasteiger partial charge in [0.25, 0.3) is 0 Å². The summed E-state index contributed by atoms with van der Waals surface area (Å²) in [5, 5.41) is 3.02. The van der Waals surface area contributed by atoms with Crippen LogP contribution < -0.4 is 14.8 Å². The summed E-state index contributed by atoms with van der Waals surface area (Å²) in [7, 11) is -2.42. The average Bonchev–Trinajstić information content (AvgIpc) is 2.81. The normalized spacial score (nSPS) is 13.2. The summed E-state index contributed by atoms with van der Waals surface area (Å²) in [6.45, 7) is 9.80. The minimum Gasteiger partial charge on any atom is -0.496 e. The molecule has 7 heteroatoms. The number of aryl methyl sites for hydroxylation is 4. The van der Waals surface area contributed by atoms with Crippen molar-refractivity contribution < 1.29 is 17.9 Å². The van der Waals surface area contributed by atoms with Gasteiger partial charge in [-0.1, -0.05) is 42.5 Å². The standard InChI is InChI=1S/C28H34N2O4S/c1-18-14-20(3)25(16-19(18)2)22(5)29-28(31)26(17-23-10-8-7-9-11-23)30-35(32,33)24-12-13-27(34-6)21(4)15-24/h7-16,22,26,30H,17H2,1-6H3,(H,29,31)/t22-,26-/m0/s1. The van der Waals surface area contributed by atoms with Crippen LogP contribution in [0, 0.1) is 27.7 Å². The molecule has 0 unspecified atom stereocenters. The minimum atomic E-state index is -3.96. The van der Waals surface area contributed by atoms with E-state index in [0.29, 0.717) is 11.3 Å². The lowest BCUT2D eigenvalue weighted by Crippen LogP contribution is -2.48. The molecule has 186 valence electrons. The Bertz CT molecular complexity index is 1300. The van der Waals surface area contributed by atoms with Crippen LogP contribution in [-0.4, -0.2) is 27.5 Å². The third kappa shape index (κ3) is 6.50. The summed E-state index contributed by atoms with van der Waals surface area (Å²) in [4.78, 5) is 13.5. The van der Waals surface area contributed by atoms with Crippen molar-refractivity contribution in [1.82, 2.24) is 10.0 Å². The van der Waals surface area contributed by atoms with E-state index in [-0.39, 0.29) is 23.3 Å². The van der Waals surface area contributed by atoms with E-state index in [9.17, 15) is 13.2 Å². The largest absolute Gasteiger partial charge is 0.496 e. The van der Waals surface area contributed by atoms with Gasteiger partial charge in [-0.2, -0.15) is 4.72 Å². The fourth-order valence-corrected chi connectivity index (χ4v) is 5.43. The number of amides is 1. The van der Waals surface area contributed by atoms with Crippen molar-refractivity contribution in [2.75, 3.05) is 7.11 Å². The zero-order valence-electron chi connectivity index (χ0n) is 21.2. The van der Waals surface area contributed by atoms with Gasteiger partial charge < -0.3 is 10.1 Å². The van der Waals surface area contributed by atoms with E-state index in [1.165, 1.54) is 18.7 Å². The Morgan fingerprint density at radius 3 is 2.17 bits per heavy atom. The van der Waals surface area contributed by atoms with Crippen molar-refractivity contribution in [1.29, 1.82) is 0 Å². The van der Waals surface area contributed by atoms with Gasteiger partial charge in [0.15, 0.2) is 0 Å². The SMILES string of the molecule is COc1ccc(S(=O)(=O)N[C@@H](Cc2ccccc2)C(=O)N[C@@H](C)c2cc(C)c(C)cc2C)cc1C. The Hall–Kier alpha value is -3.16. The number of hydrogen-bond donors (Lipinski definition) is 2. The molecule has 0 radical (unpaired) electrons. The van der Waals surface area contributed by atoms with Crippen LogP contribution in [0.3, 0.4) is 0 Å². The van der Waals surface area contributed by atoms with E-state index in [2.05, 4.69) is 29.1 Å². The third-order valence-electron chi connectivity index (χ3n) is 6.28. The molecule has 35 heavy (non-hydrogen) atoms. The predicted molar refractivity (Wildman–Crippen MR) is 139 cm³/mol. The second-order valence-corrected chi connectivity index (χ2v) is 10.7. The first kappa shape index (κ1) is 26.4. The van der Waals surface area contributed by atoms with Gasteiger partial charge in [0.1, 0.15) is 11.8 Å². The van der Waals surface area contributed by atoms with Gasteiger partial charge >= 0.3 is 0 Å². The minimum absolute atomic E-state index is 0.0831. The number of benzene rings is 3. The highest BCUT2D eigenvalue weighted by Gasteiger charge is 2.28. The molecule has 2 atom stereocenters. The Morgan fingerprint density at radius 1 is 0.886 bits per heavy atom. The smallest absolute Gasteiger partial charge is 0.241 e. The molecule has 3 aromatic carbocycles. The highest BCUT2D eigenvalue weighted by molar-refractivity contribution is 7.89. The summed E-state index contributed by atoms with van der Waals surface area (Å²) < 4.78 is 34.4. The van der Waals surface area contributed by atoms with Crippen molar-refractivity contribution in [3.63, 3.8) is 0 Å². The van der Waals surface area contributed by atoms with Crippen LogP contribution in [0.2, 0.25) is 0 Å². The first-order chi connectivity index (χ1) is 16.5. The molecule has 1 amide bonds. The molecule has 0 fully saturated rings. The van der Waals surface area contributed by atoms with Gasteiger partial charge in [-0.15, -0.1) is 0 Å². The molecular weight excluding hydrogens is 460 g/mol. The average molecular weight is 495 g/mol. The molecule has 3 aromatic rings. The number of rotatable bonds is 9. The van der Waals surface area contributed by atoms with Crippen LogP contribution in [0.1, 0.15) is 46.3 Å². The van der Waals surface area contributed by atoms with Crippen molar-refractivity contribution in [3.8, 4) is 5.75 Å². The highest BCUT2D eigenvalue weighted by atomic mass is 32.2. The Labute approximate surface area is 208 Å². The maximum atomic E-state index is 13.4. The lowest BCUT2D eigenvalue weighted by atomic mass is 9.96. The Morgan fingerprint density at radius 2 is 1.54 bits per heavy atom. The highest BCUT2D eigenvalue weighted by Crippen LogP contribution is 2.23. The third-order valence-corrected chi connectivity index (χ3v) is 7.75. The molecule has 0 aliphatic carbocycles. The second-order valence-electron chi connectivity index (χ2n) is 9.02. The molecular formula is C28H34N2O4S. The first-order valence-corrected chi connectivity index (χ1v) is 13.1. The summed E-state index contributed by atoms with van der Waals surface area (Å²) in [5.74, 6) is 0.216. The Balaban J connectivity index is 1.88. The van der Waals surface area contributed by atoms with Crippen LogP contribution in [0.4, 0.5) is 0 Å². The molecule has 0 saturated carbocycles. The van der Waals surface area contributed by atoms with Crippen LogP contribution >= 0.6 is 0 Å². The quantitative estimate of drug-likeness (QED) is 0.452. The zero-order chi connectivity index (χ0) is 25.8. The number of methoxy groups -OCH3 is 1. The molecule has 0 aliphatic rings. The van der Waals surface area contributed by atoms with Crippen LogP contribution in [0.15, 0.2) is 65.6 Å². The van der Waals surface area contributed by atoms with Gasteiger partial charge in [-0.05, 0) is 92.6 Å². The van der Waals surface area contributed by atoms with E-state index >= 15 is 0 Å². The number of nitrogens with one attached hydrogen (secondary N) is 2. The maximum absolute atomic E-state index is 13.4. The zero-order valence-corrected chi connectivity index (χ0v) is 22.0. The fourth-order valence-electron chi connectivity index (χ4n) is 4.15. The second kappa shape index (κ2) is 11.1. The molecule has 0 bridgehead atoms. The van der Waals surface area contributed by atoms with Crippen LogP contribution in [0.25, 0.3) is 0 Å². The topological polar surface area (TPSA) is 84.5 Å². The molecule has 0 saturated heterocycles. The summed E-state index contributed by atoms with van der Waals surface area (Å²) >= 11 is 0. The van der Waals surface area contributed by atoms with E-state index in [1.807, 2.05) is 51.1 Å². The van der Waals surface area contributed by atoms with E-state index in [1.54, 1.807) is 19.1 Å². The summed E-state index contributed by atoms with van der Waals surface area (Å²) in [6.07, 6.45) is 0.222. The molecule has 6 nitrogen and oxygen atoms in total. The van der Waals surface area contributed by atoms with Crippen molar-refractivity contribution in [2.24, 2.45) is 0 Å². The molecule has 0 aliphatic heterocycles. The van der Waals surface area contributed by atoms with Gasteiger partial charge in [-0.3, -0.25) is 4.79 Å². The van der Waals surface area contributed by atoms with E-state index in [0.717, 1.165) is 22.3 Å². The van der Waals surface area contributed by atoms with E-state index < -0.39 is 16.1 Å². The molecule has 0 heterocycles. The van der Waals surface area contributed by atoms with Crippen molar-refractivity contribution in [2.45, 2.75) is 58.0 Å². The van der Waals surface area contributed by atoms with Gasteiger partial charge in [-0.25, -0.2) is 8.42 Å². The lowest BCUT2D eigenvalue weighted by Gasteiger charge is -2.23. The van der Waals surface area contributed by atoms with Gasteiger partial charge in [0.05, 0.1) is 18.0 Å². The van der Waals surface area contributed by atoms with E-state index in [4.69, 9.17) is 4.74 Å². The summed E-state index contributed by atoms with van der Waals surface area (Å²) in [6, 6.07) is 16.9. The molecule has 3 rings (SSSR count). The number of carbonyl (C=O) groups excluding carboxylic acids is 1. The number of sulfonamides is 1. The monoisotopic (exact) mass is 494 g/mol. The molecule has 2 N–H and O–H groups in total. The maximum Gasteiger partial charge on any atom is 0.241 e. The fraction of sp³-hybridized carbons (Fsp3) is 0.321. The predicted octanol–water partition coefficient (Wildman–Crippen LogP) is 4.70. The molecule has 0 aromatic heterocycles. The van der Waals surface area contributed by atoms with Gasteiger partial charge in [0, 0.05) is 0 Å². The van der Waals surface area contributed by atoms with Crippen LogP contribution in [-0.2, 0) is 21.2 Å². The lowest BCUT2D eigenvalue weighted by molar-refractivity contribution is -0.123.